The van der Waals surface area contributed by atoms with Crippen molar-refractivity contribution in [3.63, 3.8) is 0 Å². The van der Waals surface area contributed by atoms with Gasteiger partial charge in [0.05, 0.1) is 44.8 Å². The molecule has 294 valence electrons. The van der Waals surface area contributed by atoms with E-state index < -0.39 is 86.7 Å². The second-order valence-electron chi connectivity index (χ2n) is 15.1. The average Bonchev–Trinajstić information content (AvgIpc) is 3.41. The fourth-order valence-corrected chi connectivity index (χ4v) is 10.1. The molecule has 4 aliphatic rings. The first-order valence-corrected chi connectivity index (χ1v) is 18.7. The van der Waals surface area contributed by atoms with Crippen LogP contribution in [-0.2, 0) is 6.18 Å². The lowest BCUT2D eigenvalue weighted by Gasteiger charge is -2.32. The first kappa shape index (κ1) is 36.9. The fraction of sp³-hybridized carbons (Fsp3) is 0.395. The minimum Gasteiger partial charge on any atom is -0.490 e. The van der Waals surface area contributed by atoms with Gasteiger partial charge in [0.15, 0.2) is 5.82 Å². The minimum atomic E-state index is -5.30. The van der Waals surface area contributed by atoms with E-state index in [-0.39, 0.29) is 70.4 Å². The molecule has 2 aromatic carbocycles. The van der Waals surface area contributed by atoms with Crippen molar-refractivity contribution in [2.45, 2.75) is 56.3 Å². The fourth-order valence-electron chi connectivity index (χ4n) is 9.15. The molecule has 4 N–H and O–H groups in total. The van der Waals surface area contributed by atoms with Crippen LogP contribution in [0.1, 0.15) is 60.9 Å². The number of hydrogen-bond acceptors (Lipinski definition) is 12. The summed E-state index contributed by atoms with van der Waals surface area (Å²) in [6.45, 7) is 1.69. The van der Waals surface area contributed by atoms with Gasteiger partial charge in [-0.05, 0) is 50.4 Å². The third-order valence-electron chi connectivity index (χ3n) is 11.9. The molecule has 3 aromatic heterocycles. The number of anilines is 3. The van der Waals surface area contributed by atoms with Gasteiger partial charge in [-0.1, -0.05) is 6.07 Å². The largest absolute Gasteiger partial charge is 0.490 e. The summed E-state index contributed by atoms with van der Waals surface area (Å²) in [6, 6.07) is 5.77. The molecule has 3 atom stereocenters. The molecule has 9 rings (SSSR count). The van der Waals surface area contributed by atoms with Crippen LogP contribution in [0.5, 0.6) is 11.8 Å². The number of aromatic nitrogens is 3. The highest BCUT2D eigenvalue weighted by Crippen LogP contribution is 2.69. The van der Waals surface area contributed by atoms with E-state index in [2.05, 4.69) is 15.0 Å². The Labute approximate surface area is 323 Å². The number of rotatable bonds is 6. The number of nitrogens with two attached hydrogens (primary N) is 2. The highest BCUT2D eigenvalue weighted by molar-refractivity contribution is 7.23. The van der Waals surface area contributed by atoms with Crippen molar-refractivity contribution in [3.05, 3.63) is 58.3 Å². The van der Waals surface area contributed by atoms with Gasteiger partial charge in [0.1, 0.15) is 64.6 Å². The van der Waals surface area contributed by atoms with Crippen LogP contribution in [0.4, 0.5) is 47.4 Å². The zero-order valence-corrected chi connectivity index (χ0v) is 30.7. The van der Waals surface area contributed by atoms with E-state index in [0.717, 1.165) is 18.6 Å². The Balaban J connectivity index is 1.29. The molecule has 1 saturated carbocycles. The van der Waals surface area contributed by atoms with Crippen LogP contribution in [-0.4, -0.2) is 64.2 Å². The quantitative estimate of drug-likeness (QED) is 0.162. The van der Waals surface area contributed by atoms with Crippen LogP contribution in [0.3, 0.4) is 0 Å². The number of benzene rings is 2. The maximum atomic E-state index is 17.5. The van der Waals surface area contributed by atoms with Crippen LogP contribution < -0.4 is 25.8 Å². The zero-order chi connectivity index (χ0) is 40.4. The van der Waals surface area contributed by atoms with Crippen LogP contribution in [0.15, 0.2) is 24.4 Å². The molecular weight excluding hydrogens is 780 g/mol. The van der Waals surface area contributed by atoms with E-state index >= 15 is 22.0 Å². The van der Waals surface area contributed by atoms with Crippen molar-refractivity contribution in [2.24, 2.45) is 5.41 Å². The molecule has 11 nitrogen and oxygen atoms in total. The highest BCUT2D eigenvalue weighted by atomic mass is 32.1. The number of nitriles is 2. The van der Waals surface area contributed by atoms with E-state index in [0.29, 0.717) is 29.9 Å². The molecule has 6 heterocycles. The number of nitrogens with zero attached hydrogens (tertiary/aromatic N) is 7. The number of fused-ring (bicyclic) bond motifs is 2. The van der Waals surface area contributed by atoms with Gasteiger partial charge in [-0.15, -0.1) is 11.3 Å². The standard InChI is InChI=1S/C38H30F7N9O2S/c1-17(20-9-18(10-46)12-50-31(20)48)54-7-8-55-29-25-28(51-34(52-33(25)54)56-16-36-5-2-6-53(36)15-35(13-36)14-37(35,41)42)27(40)24(26(29)38(43,44)45)19-3-4-22(39)30-23(19)21(11-47)32(49)57-30/h3-4,9,12,17H,2,5-8,13-16,49H2,1H3,(H2,48,50)/t17-,35+,36+/m1/s1. The summed E-state index contributed by atoms with van der Waals surface area (Å²) >= 11 is 0.632. The van der Waals surface area contributed by atoms with Gasteiger partial charge in [-0.3, -0.25) is 4.90 Å². The Morgan fingerprint density at radius 3 is 2.56 bits per heavy atom. The van der Waals surface area contributed by atoms with Gasteiger partial charge in [-0.2, -0.15) is 33.7 Å². The molecule has 0 unspecified atom stereocenters. The molecular formula is C38H30F7N9O2S. The molecule has 19 heteroatoms. The summed E-state index contributed by atoms with van der Waals surface area (Å²) in [6.07, 6.45) is -2.88. The van der Waals surface area contributed by atoms with Gasteiger partial charge >= 0.3 is 12.2 Å². The monoisotopic (exact) mass is 809 g/mol. The summed E-state index contributed by atoms with van der Waals surface area (Å²) in [5.74, 6) is -6.24. The first-order chi connectivity index (χ1) is 27.0. The van der Waals surface area contributed by atoms with E-state index in [1.807, 2.05) is 11.0 Å². The molecule has 57 heavy (non-hydrogen) atoms. The summed E-state index contributed by atoms with van der Waals surface area (Å²) in [5.41, 5.74) is 6.63. The van der Waals surface area contributed by atoms with Crippen molar-refractivity contribution in [1.82, 2.24) is 19.9 Å². The summed E-state index contributed by atoms with van der Waals surface area (Å²) in [4.78, 5) is 16.5. The van der Waals surface area contributed by atoms with Crippen LogP contribution in [0.2, 0.25) is 0 Å². The number of hydrogen-bond donors (Lipinski definition) is 2. The van der Waals surface area contributed by atoms with Crippen LogP contribution in [0.25, 0.3) is 32.1 Å². The number of pyridine rings is 1. The van der Waals surface area contributed by atoms with E-state index in [1.54, 1.807) is 13.0 Å². The maximum absolute atomic E-state index is 17.5. The van der Waals surface area contributed by atoms with Gasteiger partial charge in [-0.25, -0.2) is 22.5 Å². The number of alkyl halides is 5. The molecule has 3 fully saturated rings. The maximum Gasteiger partial charge on any atom is 0.420 e. The molecule has 1 spiro atoms. The molecule has 0 bridgehead atoms. The Bertz CT molecular complexity index is 2640. The molecule has 2 saturated heterocycles. The number of nitrogen functional groups attached to an aromatic ring is 2. The molecule has 1 aliphatic carbocycles. The van der Waals surface area contributed by atoms with Crippen molar-refractivity contribution < 1.29 is 40.2 Å². The molecule has 3 aliphatic heterocycles. The molecule has 0 amide bonds. The average molecular weight is 810 g/mol. The van der Waals surface area contributed by atoms with Gasteiger partial charge in [0, 0.05) is 35.7 Å². The molecule has 5 aromatic rings. The van der Waals surface area contributed by atoms with Crippen LogP contribution >= 0.6 is 11.3 Å². The normalized spacial score (nSPS) is 22.9. The number of ether oxygens (including phenoxy) is 2. The van der Waals surface area contributed by atoms with E-state index in [4.69, 9.17) is 20.9 Å². The van der Waals surface area contributed by atoms with Gasteiger partial charge < -0.3 is 25.8 Å². The summed E-state index contributed by atoms with van der Waals surface area (Å²) in [7, 11) is 0. The SMILES string of the molecule is C[C@H](c1cc(C#N)cnc1N)N1CCOc2c(C(F)(F)F)c(-c3ccc(F)c4sc(N)c(C#N)c34)c(F)c3nc(OC[C@@]45CCCN4C[C@@]4(CC4(F)F)C5)nc1c23. The smallest absolute Gasteiger partial charge is 0.420 e. The topological polar surface area (TPSA) is 163 Å². The second kappa shape index (κ2) is 12.4. The summed E-state index contributed by atoms with van der Waals surface area (Å²) in [5, 5.41) is 18.6. The number of thiophene rings is 1. The number of halogens is 7. The minimum absolute atomic E-state index is 0.0160. The lowest BCUT2D eigenvalue weighted by Crippen LogP contribution is -2.43. The van der Waals surface area contributed by atoms with E-state index in [1.165, 1.54) is 17.2 Å². The first-order valence-electron chi connectivity index (χ1n) is 17.9. The lowest BCUT2D eigenvalue weighted by atomic mass is 9.89. The third-order valence-corrected chi connectivity index (χ3v) is 12.9. The Morgan fingerprint density at radius 2 is 1.86 bits per heavy atom. The predicted octanol–water partition coefficient (Wildman–Crippen LogP) is 7.71. The Morgan fingerprint density at radius 1 is 1.09 bits per heavy atom. The van der Waals surface area contributed by atoms with E-state index in [9.17, 15) is 19.3 Å². The van der Waals surface area contributed by atoms with Crippen molar-refractivity contribution in [3.8, 4) is 35.0 Å². The van der Waals surface area contributed by atoms with Crippen LogP contribution in [0, 0.1) is 39.7 Å². The lowest BCUT2D eigenvalue weighted by molar-refractivity contribution is -0.138. The van der Waals surface area contributed by atoms with Crippen molar-refractivity contribution in [2.75, 3.05) is 49.2 Å². The van der Waals surface area contributed by atoms with Gasteiger partial charge in [0.25, 0.3) is 5.92 Å². The summed E-state index contributed by atoms with van der Waals surface area (Å²) < 4.78 is 120. The zero-order valence-electron chi connectivity index (χ0n) is 29.9. The molecule has 0 radical (unpaired) electrons. The highest BCUT2D eigenvalue weighted by Gasteiger charge is 2.77. The predicted molar refractivity (Wildman–Crippen MR) is 195 cm³/mol. The Hall–Kier alpha value is -5.66. The van der Waals surface area contributed by atoms with Gasteiger partial charge in [0.2, 0.25) is 0 Å². The third kappa shape index (κ3) is 5.42. The Kier molecular flexibility index (Phi) is 8.05. The van der Waals surface area contributed by atoms with Crippen molar-refractivity contribution >= 4 is 49.0 Å². The van der Waals surface area contributed by atoms with Crippen molar-refractivity contribution in [1.29, 1.82) is 10.5 Å². The second-order valence-corrected chi connectivity index (χ2v) is 16.2.